The van der Waals surface area contributed by atoms with Gasteiger partial charge in [0.25, 0.3) is 0 Å². The Bertz CT molecular complexity index is 492. The molecule has 5 N–H and O–H groups in total. The zero-order valence-corrected chi connectivity index (χ0v) is 10.6. The molecular formula is C11H12BrN5. The fraction of sp³-hybridized carbons (Fsp3) is 0.0909. The van der Waals surface area contributed by atoms with Crippen molar-refractivity contribution in [3.8, 4) is 0 Å². The molecule has 0 amide bonds. The van der Waals surface area contributed by atoms with Gasteiger partial charge in [-0.25, -0.2) is 0 Å². The summed E-state index contributed by atoms with van der Waals surface area (Å²) in [5.74, 6) is 0.671. The Balaban J connectivity index is 2.43. The average Bonchev–Trinajstić information content (AvgIpc) is 2.33. The summed E-state index contributed by atoms with van der Waals surface area (Å²) in [6.45, 7) is 0.659. The van der Waals surface area contributed by atoms with Gasteiger partial charge in [0.05, 0.1) is 11.3 Å². The van der Waals surface area contributed by atoms with E-state index >= 15 is 0 Å². The molecule has 6 heteroatoms. The maximum absolute atomic E-state index is 7.64. The molecule has 1 aliphatic rings. The number of amidine groups is 1. The molecule has 0 fully saturated rings. The van der Waals surface area contributed by atoms with Gasteiger partial charge in [-0.15, -0.1) is 0 Å². The highest BCUT2D eigenvalue weighted by atomic mass is 79.9. The zero-order valence-electron chi connectivity index (χ0n) is 9.00. The van der Waals surface area contributed by atoms with Crippen LogP contribution in [0, 0.1) is 5.41 Å². The number of rotatable bonds is 2. The van der Waals surface area contributed by atoms with Crippen LogP contribution >= 0.6 is 15.9 Å². The lowest BCUT2D eigenvalue weighted by Crippen LogP contribution is -2.33. The normalized spacial score (nSPS) is 17.6. The summed E-state index contributed by atoms with van der Waals surface area (Å²) in [5.41, 5.74) is 6.85. The quantitative estimate of drug-likeness (QED) is 0.486. The molecule has 17 heavy (non-hydrogen) atoms. The van der Waals surface area contributed by atoms with Gasteiger partial charge >= 0.3 is 0 Å². The van der Waals surface area contributed by atoms with Gasteiger partial charge in [0, 0.05) is 23.4 Å². The first kappa shape index (κ1) is 11.7. The second kappa shape index (κ2) is 5.01. The van der Waals surface area contributed by atoms with Crippen LogP contribution in [0.4, 0.5) is 0 Å². The number of hydrogen-bond acceptors (Lipinski definition) is 4. The minimum atomic E-state index is -0.0230. The molecule has 1 aromatic rings. The zero-order chi connectivity index (χ0) is 12.3. The molecule has 0 saturated heterocycles. The van der Waals surface area contributed by atoms with Gasteiger partial charge in [0.1, 0.15) is 11.7 Å². The summed E-state index contributed by atoms with van der Waals surface area (Å²) < 4.78 is 1.00. The van der Waals surface area contributed by atoms with Gasteiger partial charge in [0.15, 0.2) is 0 Å². The van der Waals surface area contributed by atoms with Crippen LogP contribution in [0.2, 0.25) is 0 Å². The fourth-order valence-electron chi connectivity index (χ4n) is 1.50. The summed E-state index contributed by atoms with van der Waals surface area (Å²) in [6.07, 6.45) is 3.49. The van der Waals surface area contributed by atoms with Crippen LogP contribution in [-0.4, -0.2) is 17.4 Å². The van der Waals surface area contributed by atoms with Crippen LogP contribution in [0.15, 0.2) is 40.9 Å². The van der Waals surface area contributed by atoms with Crippen LogP contribution in [0.3, 0.4) is 0 Å². The van der Waals surface area contributed by atoms with Gasteiger partial charge in [-0.05, 0) is 12.1 Å². The van der Waals surface area contributed by atoms with Gasteiger partial charge in [0.2, 0.25) is 0 Å². The SMILES string of the molecule is N=C(N)/C(=C1\NC=C(Br)CN1)c1ccccn1. The molecule has 1 aromatic heterocycles. The Morgan fingerprint density at radius 1 is 1.47 bits per heavy atom. The van der Waals surface area contributed by atoms with Crippen molar-refractivity contribution in [3.05, 3.63) is 46.6 Å². The molecule has 0 aliphatic carbocycles. The summed E-state index contributed by atoms with van der Waals surface area (Å²) in [4.78, 5) is 4.20. The van der Waals surface area contributed by atoms with Crippen LogP contribution in [-0.2, 0) is 0 Å². The van der Waals surface area contributed by atoms with E-state index in [1.807, 2.05) is 24.4 Å². The number of nitrogens with one attached hydrogen (secondary N) is 3. The summed E-state index contributed by atoms with van der Waals surface area (Å²) in [5, 5.41) is 13.8. The van der Waals surface area contributed by atoms with Crippen LogP contribution in [0.25, 0.3) is 5.57 Å². The summed E-state index contributed by atoms with van der Waals surface area (Å²) in [6, 6.07) is 5.50. The first-order valence-corrected chi connectivity index (χ1v) is 5.83. The van der Waals surface area contributed by atoms with Crippen molar-refractivity contribution in [3.63, 3.8) is 0 Å². The van der Waals surface area contributed by atoms with E-state index in [9.17, 15) is 0 Å². The van der Waals surface area contributed by atoms with E-state index in [0.29, 0.717) is 23.6 Å². The van der Waals surface area contributed by atoms with E-state index < -0.39 is 0 Å². The third kappa shape index (κ3) is 2.65. The highest BCUT2D eigenvalue weighted by molar-refractivity contribution is 9.11. The Morgan fingerprint density at radius 2 is 2.29 bits per heavy atom. The van der Waals surface area contributed by atoms with E-state index in [0.717, 1.165) is 4.48 Å². The first-order chi connectivity index (χ1) is 8.18. The Morgan fingerprint density at radius 3 is 2.82 bits per heavy atom. The molecule has 0 unspecified atom stereocenters. The van der Waals surface area contributed by atoms with E-state index in [-0.39, 0.29) is 5.84 Å². The predicted octanol–water partition coefficient (Wildman–Crippen LogP) is 1.12. The molecule has 5 nitrogen and oxygen atoms in total. The molecule has 0 radical (unpaired) electrons. The van der Waals surface area contributed by atoms with E-state index in [1.54, 1.807) is 6.20 Å². The van der Waals surface area contributed by atoms with Crippen molar-refractivity contribution in [2.45, 2.75) is 0 Å². The molecule has 88 valence electrons. The number of nitrogens with zero attached hydrogens (tertiary/aromatic N) is 1. The van der Waals surface area contributed by atoms with E-state index in [2.05, 4.69) is 31.5 Å². The molecule has 1 aliphatic heterocycles. The second-order valence-corrected chi connectivity index (χ2v) is 4.49. The van der Waals surface area contributed by atoms with Crippen molar-refractivity contribution >= 4 is 27.3 Å². The summed E-state index contributed by atoms with van der Waals surface area (Å²) >= 11 is 3.37. The third-order valence-corrected chi connectivity index (χ3v) is 2.76. The van der Waals surface area contributed by atoms with E-state index in [4.69, 9.17) is 11.1 Å². The number of nitrogens with two attached hydrogens (primary N) is 1. The van der Waals surface area contributed by atoms with Gasteiger partial charge in [-0.2, -0.15) is 0 Å². The van der Waals surface area contributed by atoms with Crippen LogP contribution < -0.4 is 16.4 Å². The standard InChI is InChI=1S/C11H12BrN5/c12-7-5-16-11(17-6-7)9(10(13)14)8-3-1-2-4-15-8/h1-5,16-17H,6H2,(H3,13,14)/b11-9+. The van der Waals surface area contributed by atoms with Gasteiger partial charge in [-0.1, -0.05) is 22.0 Å². The molecule has 0 spiro atoms. The maximum atomic E-state index is 7.64. The molecule has 0 bridgehead atoms. The Labute approximate surface area is 107 Å². The first-order valence-electron chi connectivity index (χ1n) is 5.03. The fourth-order valence-corrected chi connectivity index (χ4v) is 1.75. The van der Waals surface area contributed by atoms with Gasteiger partial charge in [-0.3, -0.25) is 10.4 Å². The van der Waals surface area contributed by atoms with Crippen molar-refractivity contribution < 1.29 is 0 Å². The van der Waals surface area contributed by atoms with E-state index in [1.165, 1.54) is 0 Å². The van der Waals surface area contributed by atoms with Crippen LogP contribution in [0.5, 0.6) is 0 Å². The number of aromatic nitrogens is 1. The largest absolute Gasteiger partial charge is 0.384 e. The van der Waals surface area contributed by atoms with Gasteiger partial charge < -0.3 is 16.4 Å². The minimum Gasteiger partial charge on any atom is -0.384 e. The predicted molar refractivity (Wildman–Crippen MR) is 71.2 cm³/mol. The lowest BCUT2D eigenvalue weighted by molar-refractivity contribution is 0.782. The number of hydrogen-bond donors (Lipinski definition) is 4. The minimum absolute atomic E-state index is 0.0230. The smallest absolute Gasteiger partial charge is 0.128 e. The monoisotopic (exact) mass is 293 g/mol. The molecule has 0 atom stereocenters. The maximum Gasteiger partial charge on any atom is 0.128 e. The van der Waals surface area contributed by atoms with Crippen molar-refractivity contribution in [1.29, 1.82) is 5.41 Å². The lowest BCUT2D eigenvalue weighted by atomic mass is 10.1. The lowest BCUT2D eigenvalue weighted by Gasteiger charge is -2.20. The molecular weight excluding hydrogens is 282 g/mol. The Hall–Kier alpha value is -1.82. The second-order valence-electron chi connectivity index (χ2n) is 3.47. The highest BCUT2D eigenvalue weighted by Gasteiger charge is 2.15. The van der Waals surface area contributed by atoms with Crippen molar-refractivity contribution in [2.75, 3.05) is 6.54 Å². The van der Waals surface area contributed by atoms with Crippen LogP contribution in [0.1, 0.15) is 5.69 Å². The molecule has 0 aromatic carbocycles. The molecule has 2 heterocycles. The highest BCUT2D eigenvalue weighted by Crippen LogP contribution is 2.16. The third-order valence-electron chi connectivity index (χ3n) is 2.25. The number of halogens is 1. The Kier molecular flexibility index (Phi) is 3.43. The van der Waals surface area contributed by atoms with Crippen molar-refractivity contribution in [1.82, 2.24) is 15.6 Å². The average molecular weight is 294 g/mol. The molecule has 0 saturated carbocycles. The number of pyridine rings is 1. The molecule has 2 rings (SSSR count). The summed E-state index contributed by atoms with van der Waals surface area (Å²) in [7, 11) is 0. The van der Waals surface area contributed by atoms with Crippen molar-refractivity contribution in [2.24, 2.45) is 5.73 Å². The topological polar surface area (TPSA) is 86.8 Å².